The molecular formula is C17H14FN5O2. The minimum atomic E-state index is -0.538. The van der Waals surface area contributed by atoms with Crippen LogP contribution in [0.4, 0.5) is 4.39 Å². The molecule has 0 aliphatic rings. The number of aromatic nitrogens is 5. The maximum Gasteiger partial charge on any atom is 0.340 e. The van der Waals surface area contributed by atoms with Crippen LogP contribution in [0.15, 0.2) is 24.4 Å². The second-order valence-electron chi connectivity index (χ2n) is 5.73. The van der Waals surface area contributed by atoms with Gasteiger partial charge in [0.25, 0.3) is 0 Å². The van der Waals surface area contributed by atoms with Crippen molar-refractivity contribution in [2.45, 2.75) is 6.92 Å². The predicted molar refractivity (Wildman–Crippen MR) is 89.6 cm³/mol. The van der Waals surface area contributed by atoms with E-state index in [2.05, 4.69) is 20.3 Å². The Morgan fingerprint density at radius 3 is 2.84 bits per heavy atom. The highest BCUT2D eigenvalue weighted by Gasteiger charge is 2.19. The van der Waals surface area contributed by atoms with Crippen molar-refractivity contribution in [1.82, 2.24) is 25.0 Å². The van der Waals surface area contributed by atoms with Gasteiger partial charge in [-0.3, -0.25) is 4.98 Å². The fourth-order valence-electron chi connectivity index (χ4n) is 3.10. The number of nitrogens with zero attached hydrogens (tertiary/aromatic N) is 4. The Morgan fingerprint density at radius 2 is 2.16 bits per heavy atom. The molecule has 0 radical (unpaired) electrons. The number of nitrogens with one attached hydrogen (secondary N) is 1. The summed E-state index contributed by atoms with van der Waals surface area (Å²) >= 11 is 0. The number of aromatic amines is 1. The molecule has 3 aromatic heterocycles. The molecule has 0 saturated carbocycles. The predicted octanol–water partition coefficient (Wildman–Crippen LogP) is 2.75. The van der Waals surface area contributed by atoms with Gasteiger partial charge in [0.05, 0.1) is 46.0 Å². The van der Waals surface area contributed by atoms with E-state index in [1.807, 2.05) is 13.0 Å². The molecule has 7 nitrogen and oxygen atoms in total. The number of carbonyl (C=O) groups is 1. The number of hydrogen-bond acceptors (Lipinski definition) is 5. The zero-order chi connectivity index (χ0) is 17.7. The van der Waals surface area contributed by atoms with Crippen LogP contribution in [0.25, 0.3) is 33.2 Å². The van der Waals surface area contributed by atoms with Crippen molar-refractivity contribution in [1.29, 1.82) is 0 Å². The fourth-order valence-corrected chi connectivity index (χ4v) is 3.10. The van der Waals surface area contributed by atoms with E-state index in [0.717, 1.165) is 17.0 Å². The summed E-state index contributed by atoms with van der Waals surface area (Å²) in [5.41, 5.74) is 4.08. The third-order valence-corrected chi connectivity index (χ3v) is 4.21. The number of aryl methyl sites for hydroxylation is 2. The maximum atomic E-state index is 14.4. The van der Waals surface area contributed by atoms with E-state index >= 15 is 0 Å². The molecule has 4 aromatic rings. The number of ether oxygens (including phenoxy) is 1. The summed E-state index contributed by atoms with van der Waals surface area (Å²) in [4.78, 5) is 19.4. The second-order valence-corrected chi connectivity index (χ2v) is 5.73. The molecule has 126 valence electrons. The van der Waals surface area contributed by atoms with Gasteiger partial charge < -0.3 is 9.72 Å². The lowest BCUT2D eigenvalue weighted by Crippen LogP contribution is -2.02. The number of benzene rings is 1. The summed E-state index contributed by atoms with van der Waals surface area (Å²) in [6.07, 6.45) is 1.64. The molecule has 0 aliphatic carbocycles. The fraction of sp³-hybridized carbons (Fsp3) is 0.176. The molecule has 3 heterocycles. The molecule has 0 atom stereocenters. The summed E-state index contributed by atoms with van der Waals surface area (Å²) in [5, 5.41) is 8.28. The molecule has 8 heteroatoms. The number of esters is 1. The highest BCUT2D eigenvalue weighted by molar-refractivity contribution is 6.13. The molecule has 1 N–H and O–H groups in total. The van der Waals surface area contributed by atoms with Crippen molar-refractivity contribution < 1.29 is 13.9 Å². The van der Waals surface area contributed by atoms with Gasteiger partial charge in [-0.05, 0) is 25.1 Å². The van der Waals surface area contributed by atoms with Crippen LogP contribution in [0.1, 0.15) is 16.1 Å². The Morgan fingerprint density at radius 1 is 1.36 bits per heavy atom. The summed E-state index contributed by atoms with van der Waals surface area (Å²) in [7, 11) is 3.08. The molecule has 0 spiro atoms. The molecule has 25 heavy (non-hydrogen) atoms. The van der Waals surface area contributed by atoms with Crippen LogP contribution in [0.2, 0.25) is 0 Å². The lowest BCUT2D eigenvalue weighted by atomic mass is 10.1. The van der Waals surface area contributed by atoms with Crippen LogP contribution < -0.4 is 0 Å². The van der Waals surface area contributed by atoms with Gasteiger partial charge in [0, 0.05) is 18.8 Å². The molecule has 0 aliphatic heterocycles. The largest absolute Gasteiger partial charge is 0.465 e. The standard InChI is InChI=1S/C17H14FN5O2/c1-8-16(23(2)22-21-8)9-6-12-15(19-7-9)13-11(18)5-4-10(14(13)20-12)17(24)25-3/h4-7,20H,1-3H3. The number of methoxy groups -OCH3 is 1. The van der Waals surface area contributed by atoms with Crippen molar-refractivity contribution in [3.8, 4) is 11.3 Å². The number of rotatable bonds is 2. The van der Waals surface area contributed by atoms with Crippen LogP contribution in [-0.4, -0.2) is 38.0 Å². The first kappa shape index (κ1) is 15.3. The summed E-state index contributed by atoms with van der Waals surface area (Å²) in [5.74, 6) is -0.990. The van der Waals surface area contributed by atoms with E-state index < -0.39 is 11.8 Å². The van der Waals surface area contributed by atoms with Crippen LogP contribution in [0.5, 0.6) is 0 Å². The molecule has 0 bridgehead atoms. The Labute approximate surface area is 141 Å². The molecule has 0 amide bonds. The topological polar surface area (TPSA) is 85.7 Å². The lowest BCUT2D eigenvalue weighted by Gasteiger charge is -2.02. The van der Waals surface area contributed by atoms with E-state index in [1.165, 1.54) is 19.2 Å². The highest BCUT2D eigenvalue weighted by atomic mass is 19.1. The highest BCUT2D eigenvalue weighted by Crippen LogP contribution is 2.31. The van der Waals surface area contributed by atoms with Crippen molar-refractivity contribution in [3.05, 3.63) is 41.5 Å². The number of fused-ring (bicyclic) bond motifs is 3. The quantitative estimate of drug-likeness (QED) is 0.568. The summed E-state index contributed by atoms with van der Waals surface area (Å²) < 4.78 is 20.8. The first-order chi connectivity index (χ1) is 12.0. The normalized spacial score (nSPS) is 11.4. The first-order valence-corrected chi connectivity index (χ1v) is 7.56. The minimum Gasteiger partial charge on any atom is -0.465 e. The van der Waals surface area contributed by atoms with Crippen LogP contribution in [0.3, 0.4) is 0 Å². The van der Waals surface area contributed by atoms with Gasteiger partial charge in [-0.15, -0.1) is 5.10 Å². The van der Waals surface area contributed by atoms with Crippen molar-refractivity contribution in [2.24, 2.45) is 7.05 Å². The molecule has 0 unspecified atom stereocenters. The van der Waals surface area contributed by atoms with Crippen LogP contribution in [0, 0.1) is 12.7 Å². The molecular weight excluding hydrogens is 325 g/mol. The van der Waals surface area contributed by atoms with Gasteiger partial charge in [-0.25, -0.2) is 13.9 Å². The average Bonchev–Trinajstić information content (AvgIpc) is 3.14. The smallest absolute Gasteiger partial charge is 0.340 e. The van der Waals surface area contributed by atoms with Crippen LogP contribution in [-0.2, 0) is 11.8 Å². The van der Waals surface area contributed by atoms with E-state index in [1.54, 1.807) is 17.9 Å². The maximum absolute atomic E-state index is 14.4. The Hall–Kier alpha value is -3.29. The van der Waals surface area contributed by atoms with Crippen molar-refractivity contribution >= 4 is 27.9 Å². The zero-order valence-corrected chi connectivity index (χ0v) is 13.8. The average molecular weight is 339 g/mol. The summed E-state index contributed by atoms with van der Waals surface area (Å²) in [6.45, 7) is 1.85. The number of pyridine rings is 1. The van der Waals surface area contributed by atoms with Gasteiger partial charge in [0.15, 0.2) is 0 Å². The van der Waals surface area contributed by atoms with E-state index in [9.17, 15) is 9.18 Å². The molecule has 1 aromatic carbocycles. The van der Waals surface area contributed by atoms with E-state index in [0.29, 0.717) is 16.6 Å². The summed E-state index contributed by atoms with van der Waals surface area (Å²) in [6, 6.07) is 4.48. The van der Waals surface area contributed by atoms with Crippen LogP contribution >= 0.6 is 0 Å². The Kier molecular flexibility index (Phi) is 3.28. The van der Waals surface area contributed by atoms with Gasteiger partial charge in [0.1, 0.15) is 5.82 Å². The van der Waals surface area contributed by atoms with E-state index in [4.69, 9.17) is 4.74 Å². The monoisotopic (exact) mass is 339 g/mol. The van der Waals surface area contributed by atoms with Gasteiger partial charge in [-0.1, -0.05) is 5.21 Å². The minimum absolute atomic E-state index is 0.261. The van der Waals surface area contributed by atoms with Crippen molar-refractivity contribution in [2.75, 3.05) is 7.11 Å². The third-order valence-electron chi connectivity index (χ3n) is 4.21. The molecule has 4 rings (SSSR count). The number of halogens is 1. The van der Waals surface area contributed by atoms with E-state index in [-0.39, 0.29) is 10.9 Å². The van der Waals surface area contributed by atoms with Crippen molar-refractivity contribution in [3.63, 3.8) is 0 Å². The number of H-pyrrole nitrogens is 1. The molecule has 0 fully saturated rings. The zero-order valence-electron chi connectivity index (χ0n) is 13.8. The van der Waals surface area contributed by atoms with Gasteiger partial charge in [-0.2, -0.15) is 0 Å². The number of hydrogen-bond donors (Lipinski definition) is 1. The SMILES string of the molecule is COC(=O)c1ccc(F)c2c1[nH]c1cc(-c3c(C)nnn3C)cnc12. The molecule has 0 saturated heterocycles. The Bertz CT molecular complexity index is 1130. The Balaban J connectivity index is 2.03. The first-order valence-electron chi connectivity index (χ1n) is 7.56. The van der Waals surface area contributed by atoms with Gasteiger partial charge >= 0.3 is 5.97 Å². The lowest BCUT2D eigenvalue weighted by molar-refractivity contribution is 0.0603. The second kappa shape index (κ2) is 5.37. The number of carbonyl (C=O) groups excluding carboxylic acids is 1. The third kappa shape index (κ3) is 2.18. The van der Waals surface area contributed by atoms with Gasteiger partial charge in [0.2, 0.25) is 0 Å².